The van der Waals surface area contributed by atoms with Gasteiger partial charge in [-0.05, 0) is 48.2 Å². The smallest absolute Gasteiger partial charge is 0.326 e. The number of rotatable bonds is 13. The Morgan fingerprint density at radius 1 is 0.737 bits per heavy atom. The summed E-state index contributed by atoms with van der Waals surface area (Å²) in [7, 11) is 0. The number of amides is 3. The Hall–Kier alpha value is -4.12. The van der Waals surface area contributed by atoms with Crippen molar-refractivity contribution in [2.24, 2.45) is 11.7 Å². The number of phenolic OH excluding ortho intramolecular Hbond substituents is 2. The topological polar surface area (TPSA) is 191 Å². The van der Waals surface area contributed by atoms with Crippen molar-refractivity contribution < 1.29 is 34.5 Å². The first-order valence-corrected chi connectivity index (χ1v) is 12.4. The molecule has 38 heavy (non-hydrogen) atoms. The number of nitrogens with one attached hydrogen (secondary N) is 3. The molecule has 0 saturated carbocycles. The first kappa shape index (κ1) is 30.1. The van der Waals surface area contributed by atoms with E-state index in [4.69, 9.17) is 5.73 Å². The van der Waals surface area contributed by atoms with Gasteiger partial charge in [0.05, 0.1) is 6.04 Å². The molecule has 0 spiro atoms. The monoisotopic (exact) mass is 528 g/mol. The van der Waals surface area contributed by atoms with E-state index in [1.807, 2.05) is 13.8 Å². The van der Waals surface area contributed by atoms with Crippen molar-refractivity contribution >= 4 is 23.7 Å². The molecule has 8 N–H and O–H groups in total. The van der Waals surface area contributed by atoms with Gasteiger partial charge < -0.3 is 37.0 Å². The third-order valence-corrected chi connectivity index (χ3v) is 6.31. The quantitative estimate of drug-likeness (QED) is 0.199. The maximum Gasteiger partial charge on any atom is 0.326 e. The van der Waals surface area contributed by atoms with E-state index in [0.29, 0.717) is 17.5 Å². The number of phenols is 2. The Kier molecular flexibility index (Phi) is 11.1. The van der Waals surface area contributed by atoms with Gasteiger partial charge in [-0.3, -0.25) is 14.4 Å². The van der Waals surface area contributed by atoms with Crippen LogP contribution in [0.1, 0.15) is 38.3 Å². The molecule has 0 aliphatic heterocycles. The number of carbonyl (C=O) groups excluding carboxylic acids is 3. The Bertz CT molecular complexity index is 1110. The third-order valence-electron chi connectivity index (χ3n) is 6.31. The van der Waals surface area contributed by atoms with Crippen molar-refractivity contribution in [1.82, 2.24) is 16.0 Å². The minimum Gasteiger partial charge on any atom is -0.508 e. The minimum atomic E-state index is -1.27. The van der Waals surface area contributed by atoms with E-state index in [-0.39, 0.29) is 30.3 Å². The lowest BCUT2D eigenvalue weighted by atomic mass is 9.98. The summed E-state index contributed by atoms with van der Waals surface area (Å²) in [5.41, 5.74) is 7.26. The number of aromatic hydroxyl groups is 2. The number of aliphatic carboxylic acids is 1. The first-order chi connectivity index (χ1) is 17.9. The van der Waals surface area contributed by atoms with Crippen LogP contribution in [0.15, 0.2) is 48.5 Å². The Balaban J connectivity index is 2.11. The average Bonchev–Trinajstić information content (AvgIpc) is 2.88. The fourth-order valence-corrected chi connectivity index (χ4v) is 3.60. The molecule has 5 unspecified atom stereocenters. The molecule has 2 aromatic rings. The number of hydrogen-bond donors (Lipinski definition) is 7. The van der Waals surface area contributed by atoms with Crippen molar-refractivity contribution in [3.05, 3.63) is 59.7 Å². The van der Waals surface area contributed by atoms with E-state index in [1.54, 1.807) is 24.3 Å². The molecular formula is C27H36N4O7. The van der Waals surface area contributed by atoms with Crippen LogP contribution in [0.25, 0.3) is 0 Å². The van der Waals surface area contributed by atoms with E-state index in [9.17, 15) is 34.5 Å². The zero-order valence-corrected chi connectivity index (χ0v) is 21.7. The molecule has 0 fully saturated rings. The van der Waals surface area contributed by atoms with Crippen LogP contribution in [-0.4, -0.2) is 63.2 Å². The molecule has 0 saturated heterocycles. The van der Waals surface area contributed by atoms with Crippen LogP contribution in [0.4, 0.5) is 0 Å². The number of carboxylic acid groups (broad SMARTS) is 1. The second kappa shape index (κ2) is 14.0. The predicted octanol–water partition coefficient (Wildman–Crippen LogP) is 0.815. The van der Waals surface area contributed by atoms with Crippen LogP contribution in [0.5, 0.6) is 11.5 Å². The molecule has 2 aromatic carbocycles. The summed E-state index contributed by atoms with van der Waals surface area (Å²) in [4.78, 5) is 50.3. The largest absolute Gasteiger partial charge is 0.508 e. The van der Waals surface area contributed by atoms with E-state index in [2.05, 4.69) is 16.0 Å². The minimum absolute atomic E-state index is 0.0278. The number of carboxylic acids is 1. The Morgan fingerprint density at radius 2 is 1.18 bits per heavy atom. The summed E-state index contributed by atoms with van der Waals surface area (Å²) in [6.45, 7) is 5.12. The Labute approximate surface area is 221 Å². The molecule has 0 heterocycles. The van der Waals surface area contributed by atoms with Gasteiger partial charge in [0.1, 0.15) is 29.6 Å². The highest BCUT2D eigenvalue weighted by atomic mass is 16.4. The van der Waals surface area contributed by atoms with Crippen LogP contribution in [-0.2, 0) is 32.0 Å². The van der Waals surface area contributed by atoms with Gasteiger partial charge in [0, 0.05) is 12.8 Å². The van der Waals surface area contributed by atoms with Gasteiger partial charge >= 0.3 is 5.97 Å². The van der Waals surface area contributed by atoms with Crippen molar-refractivity contribution in [3.8, 4) is 11.5 Å². The van der Waals surface area contributed by atoms with Crippen LogP contribution in [0.3, 0.4) is 0 Å². The number of carbonyl (C=O) groups is 4. The lowest BCUT2D eigenvalue weighted by Crippen LogP contribution is -2.57. The lowest BCUT2D eigenvalue weighted by Gasteiger charge is -2.25. The van der Waals surface area contributed by atoms with Crippen molar-refractivity contribution in [1.29, 1.82) is 0 Å². The van der Waals surface area contributed by atoms with Gasteiger partial charge in [0.25, 0.3) is 0 Å². The predicted molar refractivity (Wildman–Crippen MR) is 140 cm³/mol. The molecule has 0 aliphatic rings. The molecule has 206 valence electrons. The standard InChI is InChI=1S/C27H36N4O7/c1-4-15(2)23(28)26(36)30-21(13-17-5-9-19(32)10-6-17)25(35)29-16(3)24(34)31-22(27(37)38)14-18-7-11-20(33)12-8-18/h5-12,15-16,21-23,32-33H,4,13-14,28H2,1-3H3,(H,29,35)(H,30,36)(H,31,34)(H,37,38). The second-order valence-electron chi connectivity index (χ2n) is 9.34. The highest BCUT2D eigenvalue weighted by Crippen LogP contribution is 2.13. The van der Waals surface area contributed by atoms with E-state index in [0.717, 1.165) is 0 Å². The summed E-state index contributed by atoms with van der Waals surface area (Å²) >= 11 is 0. The van der Waals surface area contributed by atoms with Crippen LogP contribution >= 0.6 is 0 Å². The van der Waals surface area contributed by atoms with Gasteiger partial charge in [-0.2, -0.15) is 0 Å². The number of hydrogen-bond acceptors (Lipinski definition) is 7. The van der Waals surface area contributed by atoms with Gasteiger partial charge in [0.2, 0.25) is 17.7 Å². The molecule has 5 atom stereocenters. The van der Waals surface area contributed by atoms with Crippen molar-refractivity contribution in [2.45, 2.75) is 64.2 Å². The number of nitrogens with two attached hydrogens (primary N) is 1. The molecule has 11 nitrogen and oxygen atoms in total. The second-order valence-corrected chi connectivity index (χ2v) is 9.34. The highest BCUT2D eigenvalue weighted by molar-refractivity contribution is 5.94. The fourth-order valence-electron chi connectivity index (χ4n) is 3.60. The maximum absolute atomic E-state index is 13.1. The van der Waals surface area contributed by atoms with Crippen LogP contribution in [0.2, 0.25) is 0 Å². The zero-order chi connectivity index (χ0) is 28.4. The molecule has 3 amide bonds. The molecule has 0 bridgehead atoms. The normalized spacial score (nSPS) is 14.8. The summed E-state index contributed by atoms with van der Waals surface area (Å²) in [5, 5.41) is 36.1. The Morgan fingerprint density at radius 3 is 1.63 bits per heavy atom. The molecule has 0 aliphatic carbocycles. The van der Waals surface area contributed by atoms with Gasteiger partial charge in [-0.25, -0.2) is 4.79 Å². The number of benzene rings is 2. The highest BCUT2D eigenvalue weighted by Gasteiger charge is 2.29. The summed E-state index contributed by atoms with van der Waals surface area (Å²) in [6, 6.07) is 7.72. The maximum atomic E-state index is 13.1. The summed E-state index contributed by atoms with van der Waals surface area (Å²) in [5.74, 6) is -3.22. The van der Waals surface area contributed by atoms with Gasteiger partial charge in [-0.15, -0.1) is 0 Å². The van der Waals surface area contributed by atoms with Crippen molar-refractivity contribution in [3.63, 3.8) is 0 Å². The molecule has 11 heteroatoms. The van der Waals surface area contributed by atoms with E-state index >= 15 is 0 Å². The average molecular weight is 529 g/mol. The lowest BCUT2D eigenvalue weighted by molar-refractivity contribution is -0.142. The SMILES string of the molecule is CCC(C)C(N)C(=O)NC(Cc1ccc(O)cc1)C(=O)NC(C)C(=O)NC(Cc1ccc(O)cc1)C(=O)O. The first-order valence-electron chi connectivity index (χ1n) is 12.4. The molecule has 0 radical (unpaired) electrons. The van der Waals surface area contributed by atoms with Gasteiger partial charge in [0.15, 0.2) is 0 Å². The molecular weight excluding hydrogens is 492 g/mol. The third kappa shape index (κ3) is 9.07. The summed E-state index contributed by atoms with van der Waals surface area (Å²) < 4.78 is 0. The molecule has 2 rings (SSSR count). The fraction of sp³-hybridized carbons (Fsp3) is 0.407. The van der Waals surface area contributed by atoms with Crippen LogP contribution in [0, 0.1) is 5.92 Å². The van der Waals surface area contributed by atoms with E-state index < -0.39 is 47.9 Å². The zero-order valence-electron chi connectivity index (χ0n) is 21.7. The molecule has 0 aromatic heterocycles. The van der Waals surface area contributed by atoms with Crippen molar-refractivity contribution in [2.75, 3.05) is 0 Å². The van der Waals surface area contributed by atoms with E-state index in [1.165, 1.54) is 31.2 Å². The van der Waals surface area contributed by atoms with Gasteiger partial charge in [-0.1, -0.05) is 44.5 Å². The summed E-state index contributed by atoms with van der Waals surface area (Å²) in [6.07, 6.45) is 0.697. The van der Waals surface area contributed by atoms with Crippen LogP contribution < -0.4 is 21.7 Å².